The van der Waals surface area contributed by atoms with E-state index in [1.54, 1.807) is 0 Å². The number of aromatic nitrogens is 3. The molecule has 152 valence electrons. The van der Waals surface area contributed by atoms with Crippen LogP contribution in [0.1, 0.15) is 24.2 Å². The van der Waals surface area contributed by atoms with Crippen molar-refractivity contribution >= 4 is 0 Å². The summed E-state index contributed by atoms with van der Waals surface area (Å²) >= 11 is 0. The maximum Gasteiger partial charge on any atom is 0.127 e. The van der Waals surface area contributed by atoms with Crippen LogP contribution < -0.4 is 4.74 Å². The van der Waals surface area contributed by atoms with E-state index in [9.17, 15) is 0 Å². The number of benzene rings is 2. The normalized spacial score (nSPS) is 12.1. The maximum absolute atomic E-state index is 5.91. The van der Waals surface area contributed by atoms with Crippen LogP contribution in [0.5, 0.6) is 11.5 Å². The van der Waals surface area contributed by atoms with E-state index in [-0.39, 0.29) is 6.04 Å². The van der Waals surface area contributed by atoms with E-state index in [0.717, 1.165) is 35.0 Å². The van der Waals surface area contributed by atoms with Gasteiger partial charge in [0.1, 0.15) is 11.5 Å². The molecule has 0 aliphatic heterocycles. The lowest BCUT2D eigenvalue weighted by atomic mass is 10.1. The molecule has 0 radical (unpaired) electrons. The van der Waals surface area contributed by atoms with Crippen LogP contribution in [0.25, 0.3) is 11.3 Å². The molecule has 5 nitrogen and oxygen atoms in total. The van der Waals surface area contributed by atoms with Gasteiger partial charge in [-0.05, 0) is 62.5 Å². The number of hydrogen-bond donors (Lipinski definition) is 0. The van der Waals surface area contributed by atoms with Gasteiger partial charge in [0.05, 0.1) is 11.4 Å². The van der Waals surface area contributed by atoms with Crippen LogP contribution in [-0.2, 0) is 13.6 Å². The van der Waals surface area contributed by atoms with Crippen LogP contribution in [0, 0.1) is 0 Å². The van der Waals surface area contributed by atoms with Gasteiger partial charge in [-0.25, -0.2) is 0 Å². The van der Waals surface area contributed by atoms with Gasteiger partial charge in [-0.2, -0.15) is 5.10 Å². The average Bonchev–Trinajstić information content (AvgIpc) is 3.15. The van der Waals surface area contributed by atoms with Crippen molar-refractivity contribution in [3.8, 4) is 22.8 Å². The predicted octanol–water partition coefficient (Wildman–Crippen LogP) is 5.47. The summed E-state index contributed by atoms with van der Waals surface area (Å²) in [4.78, 5) is 6.78. The fourth-order valence-electron chi connectivity index (χ4n) is 3.46. The minimum atomic E-state index is 0.209. The van der Waals surface area contributed by atoms with Crippen LogP contribution in [-0.4, -0.2) is 26.7 Å². The molecule has 4 rings (SSSR count). The molecule has 0 saturated carbocycles. The van der Waals surface area contributed by atoms with E-state index < -0.39 is 0 Å². The molecule has 0 fully saturated rings. The van der Waals surface area contributed by atoms with E-state index >= 15 is 0 Å². The van der Waals surface area contributed by atoms with Crippen molar-refractivity contribution in [2.45, 2.75) is 19.5 Å². The second-order valence-corrected chi connectivity index (χ2v) is 7.46. The van der Waals surface area contributed by atoms with Gasteiger partial charge < -0.3 is 4.74 Å². The van der Waals surface area contributed by atoms with Crippen molar-refractivity contribution in [1.82, 2.24) is 19.7 Å². The molecule has 0 saturated heterocycles. The summed E-state index contributed by atoms with van der Waals surface area (Å²) in [7, 11) is 4.08. The van der Waals surface area contributed by atoms with Gasteiger partial charge in [-0.1, -0.05) is 24.3 Å². The molecule has 0 unspecified atom stereocenters. The third kappa shape index (κ3) is 4.58. The van der Waals surface area contributed by atoms with Gasteiger partial charge in [-0.3, -0.25) is 14.6 Å². The van der Waals surface area contributed by atoms with E-state index in [1.807, 2.05) is 72.5 Å². The Labute approximate surface area is 177 Å². The van der Waals surface area contributed by atoms with Crippen molar-refractivity contribution < 1.29 is 4.74 Å². The minimum Gasteiger partial charge on any atom is -0.457 e. The first-order chi connectivity index (χ1) is 14.6. The summed E-state index contributed by atoms with van der Waals surface area (Å²) in [5.74, 6) is 1.64. The highest BCUT2D eigenvalue weighted by Crippen LogP contribution is 2.28. The van der Waals surface area contributed by atoms with Crippen molar-refractivity contribution in [3.05, 3.63) is 96.4 Å². The molecule has 4 aromatic rings. The van der Waals surface area contributed by atoms with Gasteiger partial charge in [-0.15, -0.1) is 0 Å². The Morgan fingerprint density at radius 3 is 2.33 bits per heavy atom. The standard InChI is InChI=1S/C25H26N4O/c1-19(24-11-7-8-16-26-24)28(2)17-21-18-29(3)27-25(21)20-12-14-23(15-13-20)30-22-9-5-4-6-10-22/h4-16,18-19H,17H2,1-3H3/t19-/m0/s1. The van der Waals surface area contributed by atoms with E-state index in [1.165, 1.54) is 5.56 Å². The first-order valence-electron chi connectivity index (χ1n) is 10.1. The second-order valence-electron chi connectivity index (χ2n) is 7.46. The molecule has 0 spiro atoms. The third-order valence-corrected chi connectivity index (χ3v) is 5.21. The van der Waals surface area contributed by atoms with E-state index in [0.29, 0.717) is 0 Å². The Morgan fingerprint density at radius 1 is 0.933 bits per heavy atom. The quantitative estimate of drug-likeness (QED) is 0.414. The lowest BCUT2D eigenvalue weighted by Gasteiger charge is -2.24. The molecule has 0 aliphatic rings. The van der Waals surface area contributed by atoms with Gasteiger partial charge in [0.15, 0.2) is 0 Å². The summed E-state index contributed by atoms with van der Waals surface area (Å²) in [5.41, 5.74) is 4.31. The zero-order chi connectivity index (χ0) is 20.9. The molecule has 0 aliphatic carbocycles. The topological polar surface area (TPSA) is 43.2 Å². The number of hydrogen-bond acceptors (Lipinski definition) is 4. The molecule has 5 heteroatoms. The van der Waals surface area contributed by atoms with Crippen LogP contribution in [0.3, 0.4) is 0 Å². The lowest BCUT2D eigenvalue weighted by molar-refractivity contribution is 0.249. The number of pyridine rings is 1. The van der Waals surface area contributed by atoms with Gasteiger partial charge in [0.2, 0.25) is 0 Å². The van der Waals surface area contributed by atoms with Gasteiger partial charge in [0.25, 0.3) is 0 Å². The SMILES string of the molecule is C[C@@H](c1ccccn1)N(C)Cc1cn(C)nc1-c1ccc(Oc2ccccc2)cc1. The average molecular weight is 399 g/mol. The van der Waals surface area contributed by atoms with Crippen molar-refractivity contribution in [1.29, 1.82) is 0 Å². The fourth-order valence-corrected chi connectivity index (χ4v) is 3.46. The van der Waals surface area contributed by atoms with Gasteiger partial charge >= 0.3 is 0 Å². The van der Waals surface area contributed by atoms with E-state index in [2.05, 4.69) is 48.3 Å². The molecule has 2 heterocycles. The lowest BCUT2D eigenvalue weighted by Crippen LogP contribution is -2.22. The monoisotopic (exact) mass is 398 g/mol. The Bertz CT molecular complexity index is 1080. The molecule has 0 amide bonds. The molecule has 1 atom stereocenters. The van der Waals surface area contributed by atoms with Crippen LogP contribution in [0.15, 0.2) is 85.2 Å². The summed E-state index contributed by atoms with van der Waals surface area (Å²) in [6.45, 7) is 2.96. The minimum absolute atomic E-state index is 0.209. The molecule has 2 aromatic heterocycles. The van der Waals surface area contributed by atoms with E-state index in [4.69, 9.17) is 9.84 Å². The zero-order valence-corrected chi connectivity index (χ0v) is 17.6. The summed E-state index contributed by atoms with van der Waals surface area (Å²) in [6, 6.07) is 24.1. The highest BCUT2D eigenvalue weighted by Gasteiger charge is 2.17. The highest BCUT2D eigenvalue weighted by atomic mass is 16.5. The zero-order valence-electron chi connectivity index (χ0n) is 17.6. The van der Waals surface area contributed by atoms with Crippen molar-refractivity contribution in [3.63, 3.8) is 0 Å². The summed E-state index contributed by atoms with van der Waals surface area (Å²) in [5, 5.41) is 4.71. The summed E-state index contributed by atoms with van der Waals surface area (Å²) in [6.07, 6.45) is 3.93. The number of ether oxygens (including phenoxy) is 1. The number of rotatable bonds is 7. The molecule has 30 heavy (non-hydrogen) atoms. The first-order valence-corrected chi connectivity index (χ1v) is 10.1. The number of aryl methyl sites for hydroxylation is 1. The fraction of sp³-hybridized carbons (Fsp3) is 0.200. The first kappa shape index (κ1) is 19.9. The number of para-hydroxylation sites is 1. The molecular formula is C25H26N4O. The molecule has 2 aromatic carbocycles. The third-order valence-electron chi connectivity index (χ3n) is 5.21. The largest absolute Gasteiger partial charge is 0.457 e. The van der Waals surface area contributed by atoms with Crippen LogP contribution in [0.2, 0.25) is 0 Å². The van der Waals surface area contributed by atoms with Crippen LogP contribution >= 0.6 is 0 Å². The van der Waals surface area contributed by atoms with Crippen molar-refractivity contribution in [2.24, 2.45) is 7.05 Å². The van der Waals surface area contributed by atoms with Crippen LogP contribution in [0.4, 0.5) is 0 Å². The Morgan fingerprint density at radius 2 is 1.63 bits per heavy atom. The predicted molar refractivity (Wildman–Crippen MR) is 119 cm³/mol. The number of nitrogens with zero attached hydrogens (tertiary/aromatic N) is 4. The Kier molecular flexibility index (Phi) is 5.91. The Balaban J connectivity index is 1.51. The maximum atomic E-state index is 5.91. The Hall–Kier alpha value is -3.44. The molecule has 0 N–H and O–H groups in total. The molecule has 0 bridgehead atoms. The van der Waals surface area contributed by atoms with Gasteiger partial charge in [0, 0.05) is 43.2 Å². The van der Waals surface area contributed by atoms with Crippen molar-refractivity contribution in [2.75, 3.05) is 7.05 Å². The smallest absolute Gasteiger partial charge is 0.127 e. The summed E-state index contributed by atoms with van der Waals surface area (Å²) < 4.78 is 7.78. The molecular weight excluding hydrogens is 372 g/mol. The second kappa shape index (κ2) is 8.93. The highest BCUT2D eigenvalue weighted by molar-refractivity contribution is 5.63.